The van der Waals surface area contributed by atoms with Gasteiger partial charge in [-0.15, -0.1) is 5.10 Å². The molecule has 2 aromatic carbocycles. The molecule has 34 heavy (non-hydrogen) atoms. The van der Waals surface area contributed by atoms with E-state index in [2.05, 4.69) is 21.3 Å². The molecule has 9 nitrogen and oxygen atoms in total. The second-order valence-corrected chi connectivity index (χ2v) is 9.15. The predicted octanol–water partition coefficient (Wildman–Crippen LogP) is 4.04. The van der Waals surface area contributed by atoms with Crippen LogP contribution in [0.5, 0.6) is 17.8 Å². The van der Waals surface area contributed by atoms with Gasteiger partial charge in [-0.2, -0.15) is 10.2 Å². The number of hydrogen-bond acceptors (Lipinski definition) is 7. The minimum atomic E-state index is -0.814. The van der Waals surface area contributed by atoms with Crippen molar-refractivity contribution in [2.24, 2.45) is 0 Å². The van der Waals surface area contributed by atoms with Crippen LogP contribution in [0.3, 0.4) is 0 Å². The van der Waals surface area contributed by atoms with E-state index in [0.29, 0.717) is 47.5 Å². The van der Waals surface area contributed by atoms with Gasteiger partial charge >= 0.3 is 6.01 Å². The van der Waals surface area contributed by atoms with Gasteiger partial charge in [0.2, 0.25) is 11.8 Å². The molecule has 0 spiro atoms. The highest BCUT2D eigenvalue weighted by Gasteiger charge is 2.61. The van der Waals surface area contributed by atoms with Gasteiger partial charge in [0.1, 0.15) is 17.5 Å². The summed E-state index contributed by atoms with van der Waals surface area (Å²) in [4.78, 5) is 4.16. The van der Waals surface area contributed by atoms with Crippen LogP contribution in [0.25, 0.3) is 16.5 Å². The van der Waals surface area contributed by atoms with Crippen LogP contribution in [0, 0.1) is 18.3 Å². The maximum Gasteiger partial charge on any atom is 0.335 e. The number of fused-ring (bicyclic) bond motifs is 6. The first-order valence-electron chi connectivity index (χ1n) is 11.2. The fraction of sp³-hybridized carbons (Fsp3) is 0.320. The molecule has 1 saturated heterocycles. The molecule has 2 bridgehead atoms. The lowest BCUT2D eigenvalue weighted by molar-refractivity contribution is -0.0878. The molecule has 9 heteroatoms. The molecule has 0 amide bonds. The summed E-state index contributed by atoms with van der Waals surface area (Å²) in [5, 5.41) is 41.2. The van der Waals surface area contributed by atoms with Gasteiger partial charge in [0.25, 0.3) is 0 Å². The molecule has 2 aliphatic rings. The molecule has 4 heterocycles. The lowest BCUT2D eigenvalue weighted by Crippen LogP contribution is -2.25. The lowest BCUT2D eigenvalue weighted by atomic mass is 9.78. The van der Waals surface area contributed by atoms with E-state index in [1.807, 2.05) is 37.3 Å². The molecule has 3 N–H and O–H groups in total. The molecule has 2 aromatic heterocycles. The van der Waals surface area contributed by atoms with Crippen molar-refractivity contribution in [1.82, 2.24) is 19.7 Å². The topological polar surface area (TPSA) is 129 Å². The van der Waals surface area contributed by atoms with Crippen LogP contribution in [0.4, 0.5) is 0 Å². The second kappa shape index (κ2) is 6.98. The van der Waals surface area contributed by atoms with Crippen LogP contribution in [0.2, 0.25) is 0 Å². The summed E-state index contributed by atoms with van der Waals surface area (Å²) in [7, 11) is 0. The molecule has 2 unspecified atom stereocenters. The van der Waals surface area contributed by atoms with Crippen molar-refractivity contribution < 1.29 is 19.7 Å². The Hall–Kier alpha value is -4.03. The summed E-state index contributed by atoms with van der Waals surface area (Å²) >= 11 is 0. The second-order valence-electron chi connectivity index (χ2n) is 9.15. The zero-order valence-corrected chi connectivity index (χ0v) is 18.8. The van der Waals surface area contributed by atoms with Crippen molar-refractivity contribution in [2.75, 3.05) is 6.61 Å². The number of nitrogens with zero attached hydrogens (tertiary/aromatic N) is 4. The number of aryl methyl sites for hydroxylation is 1. The highest BCUT2D eigenvalue weighted by molar-refractivity contribution is 5.91. The van der Waals surface area contributed by atoms with Crippen LogP contribution in [0.15, 0.2) is 36.4 Å². The molecule has 0 aliphatic carbocycles. The SMILES string of the molecule is Cc1nc(OCCC23CCC(C)(O2)c2c3c(O)n(-c3ccc4ccccc4c3C#N)c2O)n[nH]1. The highest BCUT2D eigenvalue weighted by atomic mass is 16.5. The minimum absolute atomic E-state index is 0.103. The van der Waals surface area contributed by atoms with Gasteiger partial charge < -0.3 is 19.7 Å². The van der Waals surface area contributed by atoms with Crippen molar-refractivity contribution >= 4 is 10.8 Å². The normalized spacial score (nSPS) is 22.7. The van der Waals surface area contributed by atoms with Crippen molar-refractivity contribution in [3.8, 4) is 29.5 Å². The van der Waals surface area contributed by atoms with Crippen LogP contribution in [-0.2, 0) is 15.9 Å². The van der Waals surface area contributed by atoms with Gasteiger partial charge in [-0.05, 0) is 38.1 Å². The summed E-state index contributed by atoms with van der Waals surface area (Å²) in [5.41, 5.74) is 0.385. The van der Waals surface area contributed by atoms with Gasteiger partial charge in [-0.25, -0.2) is 4.57 Å². The average Bonchev–Trinajstić information content (AvgIpc) is 3.53. The Morgan fingerprint density at radius 1 is 1.18 bits per heavy atom. The van der Waals surface area contributed by atoms with Crippen LogP contribution >= 0.6 is 0 Å². The number of aromatic nitrogens is 4. The number of rotatable bonds is 5. The maximum absolute atomic E-state index is 11.4. The molecule has 2 aliphatic heterocycles. The fourth-order valence-corrected chi connectivity index (χ4v) is 5.59. The monoisotopic (exact) mass is 457 g/mol. The number of benzene rings is 2. The van der Waals surface area contributed by atoms with Gasteiger partial charge in [-0.1, -0.05) is 30.3 Å². The van der Waals surface area contributed by atoms with E-state index in [0.717, 1.165) is 10.8 Å². The first kappa shape index (κ1) is 20.6. The van der Waals surface area contributed by atoms with Crippen molar-refractivity contribution in [3.05, 3.63) is 58.9 Å². The van der Waals surface area contributed by atoms with E-state index >= 15 is 0 Å². The Morgan fingerprint density at radius 2 is 1.97 bits per heavy atom. The molecule has 0 saturated carbocycles. The Labute approximate surface area is 195 Å². The Balaban J connectivity index is 1.45. The molecule has 1 fully saturated rings. The van der Waals surface area contributed by atoms with Gasteiger partial charge in [-0.3, -0.25) is 5.10 Å². The zero-order chi connectivity index (χ0) is 23.7. The van der Waals surface area contributed by atoms with E-state index in [1.165, 1.54) is 4.57 Å². The predicted molar refractivity (Wildman–Crippen MR) is 122 cm³/mol. The summed E-state index contributed by atoms with van der Waals surface area (Å²) < 4.78 is 13.5. The first-order valence-corrected chi connectivity index (χ1v) is 11.2. The number of aromatic hydroxyl groups is 2. The third-order valence-corrected chi connectivity index (χ3v) is 7.11. The maximum atomic E-state index is 11.4. The Bertz CT molecular complexity index is 1500. The molecule has 172 valence electrons. The van der Waals surface area contributed by atoms with Crippen LogP contribution in [0.1, 0.15) is 48.7 Å². The van der Waals surface area contributed by atoms with Crippen molar-refractivity contribution in [3.63, 3.8) is 0 Å². The number of H-pyrrole nitrogens is 1. The van der Waals surface area contributed by atoms with E-state index in [9.17, 15) is 15.5 Å². The van der Waals surface area contributed by atoms with E-state index < -0.39 is 11.2 Å². The zero-order valence-electron chi connectivity index (χ0n) is 18.8. The molecule has 4 aromatic rings. The fourth-order valence-electron chi connectivity index (χ4n) is 5.59. The lowest BCUT2D eigenvalue weighted by Gasteiger charge is -2.26. The molecular weight excluding hydrogens is 434 g/mol. The summed E-state index contributed by atoms with van der Waals surface area (Å²) in [6.07, 6.45) is 1.81. The summed E-state index contributed by atoms with van der Waals surface area (Å²) in [5.74, 6) is 0.439. The van der Waals surface area contributed by atoms with Crippen molar-refractivity contribution in [2.45, 2.75) is 44.3 Å². The van der Waals surface area contributed by atoms with Gasteiger partial charge in [0.05, 0.1) is 34.6 Å². The van der Waals surface area contributed by atoms with Gasteiger partial charge in [0, 0.05) is 11.8 Å². The largest absolute Gasteiger partial charge is 0.494 e. The Kier molecular flexibility index (Phi) is 4.22. The first-order chi connectivity index (χ1) is 16.4. The van der Waals surface area contributed by atoms with E-state index in [-0.39, 0.29) is 24.4 Å². The molecule has 0 radical (unpaired) electrons. The van der Waals surface area contributed by atoms with E-state index in [1.54, 1.807) is 13.0 Å². The number of nitriles is 1. The van der Waals surface area contributed by atoms with Gasteiger partial charge in [0.15, 0.2) is 0 Å². The number of ether oxygens (including phenoxy) is 2. The average molecular weight is 457 g/mol. The third-order valence-electron chi connectivity index (χ3n) is 7.11. The molecular formula is C25H23N5O4. The van der Waals surface area contributed by atoms with Crippen LogP contribution in [-0.4, -0.2) is 36.6 Å². The standard InChI is InChI=1S/C25H23N5O4/c1-14-27-23(29-28-14)33-12-11-25-10-9-24(2,34-25)19-20(25)22(32)30(21(19)31)18-8-7-15-5-3-4-6-16(15)17(18)13-26/h3-8,31-32H,9-12H2,1-2H3,(H,27,28,29). The number of hydrogen-bond donors (Lipinski definition) is 3. The molecule has 2 atom stereocenters. The number of aromatic amines is 1. The van der Waals surface area contributed by atoms with Crippen molar-refractivity contribution in [1.29, 1.82) is 5.26 Å². The Morgan fingerprint density at radius 3 is 2.74 bits per heavy atom. The summed E-state index contributed by atoms with van der Waals surface area (Å²) in [6, 6.07) is 13.7. The summed E-state index contributed by atoms with van der Waals surface area (Å²) in [6.45, 7) is 3.99. The minimum Gasteiger partial charge on any atom is -0.494 e. The third kappa shape index (κ3) is 2.69. The quantitative estimate of drug-likeness (QED) is 0.412. The smallest absolute Gasteiger partial charge is 0.335 e. The van der Waals surface area contributed by atoms with Crippen LogP contribution < -0.4 is 4.74 Å². The number of nitrogens with one attached hydrogen (secondary N) is 1. The molecule has 6 rings (SSSR count). The van der Waals surface area contributed by atoms with E-state index in [4.69, 9.17) is 9.47 Å². The highest BCUT2D eigenvalue weighted by Crippen LogP contribution is 2.65.